The van der Waals surface area contributed by atoms with Gasteiger partial charge >= 0.3 is 108 Å². The van der Waals surface area contributed by atoms with Crippen LogP contribution in [0.4, 0.5) is 0 Å². The first kappa shape index (κ1) is 54.8. The van der Waals surface area contributed by atoms with E-state index >= 15 is 0 Å². The fraction of sp³-hybridized carbons (Fsp3) is 0. The van der Waals surface area contributed by atoms with Crippen LogP contribution in [0.25, 0.3) is 0 Å². The molecule has 0 N–H and O–H groups in total. The van der Waals surface area contributed by atoms with Gasteiger partial charge in [0.1, 0.15) is 0 Å². The molecular formula is H4LiNa3Zn3. The van der Waals surface area contributed by atoms with Crippen LogP contribution >= 0.6 is 0 Å². The van der Waals surface area contributed by atoms with E-state index in [1.54, 1.807) is 0 Å². The largest absolute Gasteiger partial charge is 0 e. The SMILES string of the molecule is [LiH].[NaH].[NaH].[NaH].[Zn].[Zn].[Zn]. The van der Waals surface area contributed by atoms with Crippen LogP contribution < -0.4 is 0 Å². The molecule has 0 spiro atoms. The third kappa shape index (κ3) is 34.4. The quantitative estimate of drug-likeness (QED) is 0.426. The fourth-order valence-electron chi connectivity index (χ4n) is 0. The number of rotatable bonds is 0. The first-order valence-corrected chi connectivity index (χ1v) is 0. The average Bonchev–Trinajstić information content (AvgIpc) is 0. The summed E-state index contributed by atoms with van der Waals surface area (Å²) in [6, 6.07) is 0. The Morgan fingerprint density at radius 1 is 0.429 bits per heavy atom. The molecule has 0 amide bonds. The van der Waals surface area contributed by atoms with Crippen LogP contribution in [-0.2, 0) is 58.4 Å². The van der Waals surface area contributed by atoms with E-state index in [-0.39, 0.29) is 166 Å². The summed E-state index contributed by atoms with van der Waals surface area (Å²) in [6.45, 7) is 0. The Labute approximate surface area is 162 Å². The summed E-state index contributed by atoms with van der Waals surface area (Å²) in [6.07, 6.45) is 0. The van der Waals surface area contributed by atoms with Gasteiger partial charge in [-0.3, -0.25) is 0 Å². The van der Waals surface area contributed by atoms with Crippen LogP contribution in [-0.4, -0.2) is 108 Å². The van der Waals surface area contributed by atoms with Crippen molar-refractivity contribution in [3.63, 3.8) is 0 Å². The van der Waals surface area contributed by atoms with E-state index in [1.165, 1.54) is 0 Å². The van der Waals surface area contributed by atoms with Crippen molar-refractivity contribution in [3.8, 4) is 0 Å². The smallest absolute Gasteiger partial charge is 0 e. The molecule has 0 saturated carbocycles. The standard InChI is InChI=1S/Li.3Na.3Zn.4H. The Bertz CT molecular complexity index is 10.1. The van der Waals surface area contributed by atoms with Crippen LogP contribution in [0.5, 0.6) is 0 Å². The van der Waals surface area contributed by atoms with E-state index < -0.39 is 0 Å². The zero-order chi connectivity index (χ0) is 0. The second-order valence-corrected chi connectivity index (χ2v) is 0. The second kappa shape index (κ2) is 42.0. The van der Waals surface area contributed by atoms with Gasteiger partial charge in [0.2, 0.25) is 0 Å². The van der Waals surface area contributed by atoms with Crippen LogP contribution in [0, 0.1) is 0 Å². The van der Waals surface area contributed by atoms with Crippen molar-refractivity contribution >= 4 is 108 Å². The summed E-state index contributed by atoms with van der Waals surface area (Å²) in [7, 11) is 0. The van der Waals surface area contributed by atoms with Gasteiger partial charge in [-0.25, -0.2) is 0 Å². The summed E-state index contributed by atoms with van der Waals surface area (Å²) in [5, 5.41) is 0. The number of hydrogen-bond donors (Lipinski definition) is 0. The summed E-state index contributed by atoms with van der Waals surface area (Å²) < 4.78 is 0. The van der Waals surface area contributed by atoms with Gasteiger partial charge in [0.05, 0.1) is 0 Å². The molecule has 0 heterocycles. The molecule has 0 aliphatic rings. The number of hydrogen-bond acceptors (Lipinski definition) is 0. The molecule has 0 atom stereocenters. The van der Waals surface area contributed by atoms with E-state index in [9.17, 15) is 0 Å². The molecule has 0 fully saturated rings. The molecule has 0 radical (unpaired) electrons. The minimum absolute atomic E-state index is 0. The van der Waals surface area contributed by atoms with E-state index in [1.807, 2.05) is 0 Å². The van der Waals surface area contributed by atoms with E-state index in [4.69, 9.17) is 0 Å². The summed E-state index contributed by atoms with van der Waals surface area (Å²) >= 11 is 0. The Balaban J connectivity index is 0. The van der Waals surface area contributed by atoms with Gasteiger partial charge in [-0.05, 0) is 0 Å². The summed E-state index contributed by atoms with van der Waals surface area (Å²) in [5.41, 5.74) is 0. The molecule has 7 heavy (non-hydrogen) atoms. The van der Waals surface area contributed by atoms with Crippen molar-refractivity contribution in [1.82, 2.24) is 0 Å². The van der Waals surface area contributed by atoms with E-state index in [0.717, 1.165) is 0 Å². The molecule has 0 aliphatic heterocycles. The van der Waals surface area contributed by atoms with E-state index in [0.29, 0.717) is 0 Å². The van der Waals surface area contributed by atoms with Gasteiger partial charge in [-0.2, -0.15) is 0 Å². The molecule has 0 nitrogen and oxygen atoms in total. The van der Waals surface area contributed by atoms with Crippen LogP contribution in [0.15, 0.2) is 0 Å². The maximum absolute atomic E-state index is 0. The zero-order valence-electron chi connectivity index (χ0n) is 2.12. The molecule has 0 unspecified atom stereocenters. The van der Waals surface area contributed by atoms with Gasteiger partial charge in [0, 0.05) is 58.4 Å². The van der Waals surface area contributed by atoms with Crippen LogP contribution in [0.2, 0.25) is 0 Å². The molecule has 0 aromatic heterocycles. The van der Waals surface area contributed by atoms with Gasteiger partial charge in [0.15, 0.2) is 0 Å². The third-order valence-electron chi connectivity index (χ3n) is 0. The average molecular weight is 276 g/mol. The normalized spacial score (nSPS) is 0. The predicted molar refractivity (Wildman–Crippen MR) is 28.6 cm³/mol. The van der Waals surface area contributed by atoms with Crippen molar-refractivity contribution in [2.45, 2.75) is 0 Å². The van der Waals surface area contributed by atoms with Crippen LogP contribution in [0.3, 0.4) is 0 Å². The van der Waals surface area contributed by atoms with Crippen molar-refractivity contribution in [2.75, 3.05) is 0 Å². The minimum Gasteiger partial charge on any atom is 0 e. The molecular weight excluding hydrogens is 272 g/mol. The maximum Gasteiger partial charge on any atom is 0 e. The Hall–Kier alpha value is 5.47. The molecule has 7 heteroatoms. The molecule has 14 valence electrons. The molecule has 0 aliphatic carbocycles. The first-order valence-electron chi connectivity index (χ1n) is 0. The topological polar surface area (TPSA) is 0 Å². The molecule has 0 bridgehead atoms. The maximum atomic E-state index is 0. The van der Waals surface area contributed by atoms with Gasteiger partial charge in [0.25, 0.3) is 0 Å². The molecule has 0 aromatic rings. The van der Waals surface area contributed by atoms with Crippen molar-refractivity contribution < 1.29 is 58.4 Å². The Kier molecular flexibility index (Phi) is 329. The van der Waals surface area contributed by atoms with Gasteiger partial charge in [-0.15, -0.1) is 0 Å². The third-order valence-corrected chi connectivity index (χ3v) is 0. The van der Waals surface area contributed by atoms with Gasteiger partial charge < -0.3 is 0 Å². The summed E-state index contributed by atoms with van der Waals surface area (Å²) in [4.78, 5) is 0. The van der Waals surface area contributed by atoms with Crippen molar-refractivity contribution in [2.24, 2.45) is 0 Å². The fourth-order valence-corrected chi connectivity index (χ4v) is 0. The zero-order valence-corrected chi connectivity index (χ0v) is 11.0. The van der Waals surface area contributed by atoms with E-state index in [2.05, 4.69) is 0 Å². The minimum atomic E-state index is 0. The predicted octanol–water partition coefficient (Wildman–Crippen LogP) is -2.60. The van der Waals surface area contributed by atoms with Gasteiger partial charge in [-0.1, -0.05) is 0 Å². The molecule has 0 rings (SSSR count). The molecule has 0 aromatic carbocycles. The van der Waals surface area contributed by atoms with Crippen LogP contribution in [0.1, 0.15) is 0 Å². The second-order valence-electron chi connectivity index (χ2n) is 0. The monoisotopic (exact) mass is 272 g/mol. The van der Waals surface area contributed by atoms with Crippen molar-refractivity contribution in [3.05, 3.63) is 0 Å². The Morgan fingerprint density at radius 3 is 0.429 bits per heavy atom. The Morgan fingerprint density at radius 2 is 0.429 bits per heavy atom. The first-order chi connectivity index (χ1) is 0. The van der Waals surface area contributed by atoms with Crippen molar-refractivity contribution in [1.29, 1.82) is 0 Å². The summed E-state index contributed by atoms with van der Waals surface area (Å²) in [5.74, 6) is 0. The molecule has 0 saturated heterocycles.